The molecule has 0 heterocycles. The van der Waals surface area contributed by atoms with Crippen LogP contribution in [0.1, 0.15) is 5.56 Å². The Labute approximate surface area is 110 Å². The molecule has 102 valence electrons. The monoisotopic (exact) mass is 330 g/mol. The first-order valence-electron chi connectivity index (χ1n) is 4.93. The zero-order valence-electron chi connectivity index (χ0n) is 9.43. The third kappa shape index (κ3) is 4.13. The van der Waals surface area contributed by atoms with Gasteiger partial charge in [0, 0.05) is 0 Å². The molecule has 1 rings (SSSR count). The lowest BCUT2D eigenvalue weighted by atomic mass is 10.2. The van der Waals surface area contributed by atoms with Crippen LogP contribution in [0.5, 0.6) is 5.75 Å². The van der Waals surface area contributed by atoms with Crippen molar-refractivity contribution in [2.45, 2.75) is 19.0 Å². The fourth-order valence-electron chi connectivity index (χ4n) is 1.17. The van der Waals surface area contributed by atoms with Crippen molar-refractivity contribution in [1.82, 2.24) is 0 Å². The van der Waals surface area contributed by atoms with E-state index in [-0.39, 0.29) is 6.61 Å². The molecule has 0 N–H and O–H groups in total. The largest absolute Gasteiger partial charge is 0.496 e. The standard InChI is InChI=1S/C11H11BrF4O2/c1-17-9-3-2-7(4-8(9)12)5-18-6-11(15,16)10(13)14/h2-4,10H,5-6H2,1H3. The second-order valence-electron chi connectivity index (χ2n) is 3.52. The Hall–Kier alpha value is -0.820. The summed E-state index contributed by atoms with van der Waals surface area (Å²) in [5.74, 6) is -3.54. The van der Waals surface area contributed by atoms with Gasteiger partial charge in [-0.05, 0) is 33.6 Å². The molecule has 2 nitrogen and oxygen atoms in total. The first-order valence-corrected chi connectivity index (χ1v) is 5.72. The molecule has 0 radical (unpaired) electrons. The summed E-state index contributed by atoms with van der Waals surface area (Å²) in [7, 11) is 1.49. The molecule has 0 atom stereocenters. The van der Waals surface area contributed by atoms with E-state index in [0.29, 0.717) is 15.8 Å². The maximum Gasteiger partial charge on any atom is 0.330 e. The van der Waals surface area contributed by atoms with E-state index >= 15 is 0 Å². The molecule has 0 amide bonds. The minimum atomic E-state index is -4.12. The van der Waals surface area contributed by atoms with Gasteiger partial charge in [-0.3, -0.25) is 0 Å². The molecule has 18 heavy (non-hydrogen) atoms. The first-order chi connectivity index (χ1) is 8.36. The van der Waals surface area contributed by atoms with Gasteiger partial charge in [-0.2, -0.15) is 8.78 Å². The summed E-state index contributed by atoms with van der Waals surface area (Å²) in [4.78, 5) is 0. The van der Waals surface area contributed by atoms with Crippen LogP contribution in [-0.2, 0) is 11.3 Å². The summed E-state index contributed by atoms with van der Waals surface area (Å²) in [6, 6.07) is 4.83. The third-order valence-electron chi connectivity index (χ3n) is 2.10. The molecule has 0 aromatic heterocycles. The Balaban J connectivity index is 2.52. The molecule has 0 unspecified atom stereocenters. The average Bonchev–Trinajstić information content (AvgIpc) is 2.29. The Morgan fingerprint density at radius 1 is 1.33 bits per heavy atom. The van der Waals surface area contributed by atoms with Crippen molar-refractivity contribution in [3.63, 3.8) is 0 Å². The molecule has 1 aromatic carbocycles. The molecule has 0 saturated heterocycles. The lowest BCUT2D eigenvalue weighted by molar-refractivity contribution is -0.168. The highest BCUT2D eigenvalue weighted by atomic mass is 79.9. The maximum atomic E-state index is 12.5. The lowest BCUT2D eigenvalue weighted by Crippen LogP contribution is -2.32. The number of rotatable bonds is 6. The second-order valence-corrected chi connectivity index (χ2v) is 4.38. The zero-order chi connectivity index (χ0) is 13.8. The summed E-state index contributed by atoms with van der Waals surface area (Å²) in [6.45, 7) is -1.49. The summed E-state index contributed by atoms with van der Waals surface area (Å²) < 4.78 is 59.0. The third-order valence-corrected chi connectivity index (χ3v) is 2.72. The van der Waals surface area contributed by atoms with Gasteiger partial charge in [0.25, 0.3) is 0 Å². The number of ether oxygens (including phenoxy) is 2. The van der Waals surface area contributed by atoms with Gasteiger partial charge < -0.3 is 9.47 Å². The van der Waals surface area contributed by atoms with Crippen LogP contribution in [0.4, 0.5) is 17.6 Å². The van der Waals surface area contributed by atoms with Crippen LogP contribution in [0, 0.1) is 0 Å². The van der Waals surface area contributed by atoms with Gasteiger partial charge in [0.2, 0.25) is 0 Å². The molecule has 1 aromatic rings. The van der Waals surface area contributed by atoms with E-state index < -0.39 is 19.0 Å². The predicted molar refractivity (Wildman–Crippen MR) is 61.3 cm³/mol. The minimum Gasteiger partial charge on any atom is -0.496 e. The summed E-state index contributed by atoms with van der Waals surface area (Å²) in [5, 5.41) is 0. The van der Waals surface area contributed by atoms with E-state index in [9.17, 15) is 17.6 Å². The highest BCUT2D eigenvalue weighted by molar-refractivity contribution is 9.10. The van der Waals surface area contributed by atoms with E-state index in [0.717, 1.165) is 0 Å². The van der Waals surface area contributed by atoms with E-state index in [1.54, 1.807) is 18.2 Å². The number of methoxy groups -OCH3 is 1. The van der Waals surface area contributed by atoms with Gasteiger partial charge in [-0.15, -0.1) is 0 Å². The molecule has 0 spiro atoms. The van der Waals surface area contributed by atoms with E-state index in [1.165, 1.54) is 7.11 Å². The molecule has 7 heteroatoms. The lowest BCUT2D eigenvalue weighted by Gasteiger charge is -2.15. The summed E-state index contributed by atoms with van der Waals surface area (Å²) >= 11 is 3.21. The molecular weight excluding hydrogens is 320 g/mol. The fourth-order valence-corrected chi connectivity index (χ4v) is 1.76. The number of hydrogen-bond donors (Lipinski definition) is 0. The summed E-state index contributed by atoms with van der Waals surface area (Å²) in [5.41, 5.74) is 0.577. The SMILES string of the molecule is COc1ccc(COCC(F)(F)C(F)F)cc1Br. The first kappa shape index (κ1) is 15.2. The van der Waals surface area contributed by atoms with Crippen molar-refractivity contribution in [1.29, 1.82) is 0 Å². The van der Waals surface area contributed by atoms with Gasteiger partial charge in [0.1, 0.15) is 12.4 Å². The van der Waals surface area contributed by atoms with Gasteiger partial charge >= 0.3 is 12.3 Å². The van der Waals surface area contributed by atoms with Crippen molar-refractivity contribution in [3.8, 4) is 5.75 Å². The quantitative estimate of drug-likeness (QED) is 0.737. The van der Waals surface area contributed by atoms with E-state index in [2.05, 4.69) is 20.7 Å². The minimum absolute atomic E-state index is 0.176. The molecule has 0 saturated carbocycles. The van der Waals surface area contributed by atoms with Crippen molar-refractivity contribution in [2.75, 3.05) is 13.7 Å². The van der Waals surface area contributed by atoms with Gasteiger partial charge in [0.15, 0.2) is 0 Å². The van der Waals surface area contributed by atoms with Crippen LogP contribution in [0.3, 0.4) is 0 Å². The molecule has 0 aliphatic rings. The average molecular weight is 331 g/mol. The van der Waals surface area contributed by atoms with Gasteiger partial charge in [0.05, 0.1) is 18.2 Å². The topological polar surface area (TPSA) is 18.5 Å². The predicted octanol–water partition coefficient (Wildman–Crippen LogP) is 3.87. The number of benzene rings is 1. The zero-order valence-corrected chi connectivity index (χ0v) is 11.0. The molecule has 0 fully saturated rings. The Kier molecular flexibility index (Phi) is 5.40. The van der Waals surface area contributed by atoms with Gasteiger partial charge in [-0.1, -0.05) is 6.07 Å². The smallest absolute Gasteiger partial charge is 0.330 e. The Morgan fingerprint density at radius 2 is 2.00 bits per heavy atom. The molecular formula is C11H11BrF4O2. The Bertz CT molecular complexity index is 399. The number of hydrogen-bond acceptors (Lipinski definition) is 2. The van der Waals surface area contributed by atoms with Crippen LogP contribution in [-0.4, -0.2) is 26.1 Å². The van der Waals surface area contributed by atoms with Crippen molar-refractivity contribution in [3.05, 3.63) is 28.2 Å². The van der Waals surface area contributed by atoms with Crippen molar-refractivity contribution >= 4 is 15.9 Å². The summed E-state index contributed by atoms with van der Waals surface area (Å²) in [6.07, 6.45) is -3.72. The Morgan fingerprint density at radius 3 is 2.50 bits per heavy atom. The molecule has 0 aliphatic carbocycles. The molecule has 0 bridgehead atoms. The molecule has 0 aliphatic heterocycles. The second kappa shape index (κ2) is 6.38. The highest BCUT2D eigenvalue weighted by Gasteiger charge is 2.40. The van der Waals surface area contributed by atoms with Crippen LogP contribution in [0.2, 0.25) is 0 Å². The fraction of sp³-hybridized carbons (Fsp3) is 0.455. The van der Waals surface area contributed by atoms with Crippen LogP contribution < -0.4 is 4.74 Å². The normalized spacial score (nSPS) is 11.9. The number of halogens is 5. The van der Waals surface area contributed by atoms with Crippen LogP contribution in [0.15, 0.2) is 22.7 Å². The van der Waals surface area contributed by atoms with E-state index in [1.807, 2.05) is 0 Å². The van der Waals surface area contributed by atoms with Crippen molar-refractivity contribution in [2.24, 2.45) is 0 Å². The van der Waals surface area contributed by atoms with Crippen LogP contribution in [0.25, 0.3) is 0 Å². The highest BCUT2D eigenvalue weighted by Crippen LogP contribution is 2.27. The number of alkyl halides is 4. The van der Waals surface area contributed by atoms with Crippen LogP contribution >= 0.6 is 15.9 Å². The maximum absolute atomic E-state index is 12.5. The van der Waals surface area contributed by atoms with Crippen molar-refractivity contribution < 1.29 is 27.0 Å². The van der Waals surface area contributed by atoms with E-state index in [4.69, 9.17) is 4.74 Å². The van der Waals surface area contributed by atoms with Gasteiger partial charge in [-0.25, -0.2) is 8.78 Å².